The number of hydrogen-bond acceptors (Lipinski definition) is 6. The topological polar surface area (TPSA) is 95.0 Å². The highest BCUT2D eigenvalue weighted by molar-refractivity contribution is 5.45. The lowest BCUT2D eigenvalue weighted by Crippen LogP contribution is -2.23. The zero-order chi connectivity index (χ0) is 15.9. The molecule has 1 heterocycles. The van der Waals surface area contributed by atoms with E-state index in [0.717, 1.165) is 0 Å². The molecule has 0 saturated heterocycles. The van der Waals surface area contributed by atoms with Crippen molar-refractivity contribution in [3.05, 3.63) is 58.0 Å². The number of nitro groups is 1. The van der Waals surface area contributed by atoms with E-state index in [2.05, 4.69) is 0 Å². The Bertz CT molecular complexity index is 611. The number of nitrogens with zero attached hydrogens (tertiary/aromatic N) is 1. The molecule has 0 saturated carbocycles. The summed E-state index contributed by atoms with van der Waals surface area (Å²) in [5.74, 6) is 1.00. The normalized spacial score (nSPS) is 12.1. The molecule has 0 radical (unpaired) electrons. The third-order valence-corrected chi connectivity index (χ3v) is 2.95. The summed E-state index contributed by atoms with van der Waals surface area (Å²) in [6, 6.07) is 8.09. The summed E-state index contributed by atoms with van der Waals surface area (Å²) >= 11 is 0. The molecule has 2 rings (SSSR count). The van der Waals surface area contributed by atoms with Gasteiger partial charge in [0.05, 0.1) is 23.9 Å². The highest BCUT2D eigenvalue weighted by Gasteiger charge is 2.13. The molecule has 1 aromatic heterocycles. The maximum atomic E-state index is 10.8. The molecule has 22 heavy (non-hydrogen) atoms. The maximum absolute atomic E-state index is 10.8. The Hall–Kier alpha value is -2.38. The van der Waals surface area contributed by atoms with Crippen LogP contribution < -0.4 is 4.74 Å². The van der Waals surface area contributed by atoms with E-state index in [1.165, 1.54) is 6.07 Å². The van der Waals surface area contributed by atoms with E-state index < -0.39 is 11.0 Å². The van der Waals surface area contributed by atoms with Crippen LogP contribution in [-0.2, 0) is 11.3 Å². The SMILES string of the molecule is Cc1ccc(OCC(O)COCc2ccco2)cc1[N+](=O)[O-]. The fraction of sp³-hybridized carbons (Fsp3) is 0.333. The Morgan fingerprint density at radius 3 is 2.86 bits per heavy atom. The molecule has 1 atom stereocenters. The number of nitro benzene ring substituents is 1. The highest BCUT2D eigenvalue weighted by Crippen LogP contribution is 2.23. The molecule has 1 aromatic carbocycles. The summed E-state index contributed by atoms with van der Waals surface area (Å²) in [6.45, 7) is 1.98. The summed E-state index contributed by atoms with van der Waals surface area (Å²) in [5, 5.41) is 20.6. The van der Waals surface area contributed by atoms with Gasteiger partial charge in [-0.1, -0.05) is 0 Å². The minimum absolute atomic E-state index is 0.0129. The molecule has 0 fully saturated rings. The van der Waals surface area contributed by atoms with Crippen molar-refractivity contribution in [3.63, 3.8) is 0 Å². The van der Waals surface area contributed by atoms with Gasteiger partial charge in [-0.3, -0.25) is 10.1 Å². The van der Waals surface area contributed by atoms with Gasteiger partial charge in [-0.15, -0.1) is 0 Å². The predicted octanol–water partition coefficient (Wildman–Crippen LogP) is 2.45. The molecule has 0 amide bonds. The van der Waals surface area contributed by atoms with Crippen LogP contribution >= 0.6 is 0 Å². The summed E-state index contributed by atoms with van der Waals surface area (Å²) in [4.78, 5) is 10.4. The molecule has 118 valence electrons. The molecule has 1 unspecified atom stereocenters. The van der Waals surface area contributed by atoms with Crippen LogP contribution in [-0.4, -0.2) is 29.3 Å². The Morgan fingerprint density at radius 2 is 2.18 bits per heavy atom. The van der Waals surface area contributed by atoms with Crippen LogP contribution in [0.15, 0.2) is 41.0 Å². The average Bonchev–Trinajstić information content (AvgIpc) is 2.99. The highest BCUT2D eigenvalue weighted by atomic mass is 16.6. The van der Waals surface area contributed by atoms with Crippen molar-refractivity contribution in [3.8, 4) is 5.75 Å². The van der Waals surface area contributed by atoms with Gasteiger partial charge in [0.2, 0.25) is 0 Å². The zero-order valence-corrected chi connectivity index (χ0v) is 12.1. The van der Waals surface area contributed by atoms with Gasteiger partial charge < -0.3 is 19.0 Å². The van der Waals surface area contributed by atoms with Gasteiger partial charge in [-0.25, -0.2) is 0 Å². The van der Waals surface area contributed by atoms with E-state index in [1.807, 2.05) is 0 Å². The first-order chi connectivity index (χ1) is 10.6. The number of aryl methyl sites for hydroxylation is 1. The lowest BCUT2D eigenvalue weighted by molar-refractivity contribution is -0.385. The quantitative estimate of drug-likeness (QED) is 0.594. The first kappa shape index (κ1) is 16.0. The smallest absolute Gasteiger partial charge is 0.276 e. The molecule has 0 spiro atoms. The van der Waals surface area contributed by atoms with E-state index in [1.54, 1.807) is 37.5 Å². The van der Waals surface area contributed by atoms with Gasteiger partial charge >= 0.3 is 0 Å². The van der Waals surface area contributed by atoms with Crippen molar-refractivity contribution in [1.82, 2.24) is 0 Å². The molecular weight excluding hydrogens is 290 g/mol. The van der Waals surface area contributed by atoms with Crippen LogP contribution in [0.5, 0.6) is 5.75 Å². The van der Waals surface area contributed by atoms with Crippen LogP contribution in [0.4, 0.5) is 5.69 Å². The van der Waals surface area contributed by atoms with Gasteiger partial charge in [0.15, 0.2) is 0 Å². The third-order valence-electron chi connectivity index (χ3n) is 2.95. The average molecular weight is 307 g/mol. The van der Waals surface area contributed by atoms with Crippen molar-refractivity contribution in [2.24, 2.45) is 0 Å². The molecule has 2 aromatic rings. The van der Waals surface area contributed by atoms with E-state index in [9.17, 15) is 15.2 Å². The molecule has 7 nitrogen and oxygen atoms in total. The largest absolute Gasteiger partial charge is 0.491 e. The minimum atomic E-state index is -0.838. The van der Waals surface area contributed by atoms with E-state index in [0.29, 0.717) is 17.1 Å². The molecular formula is C15H17NO6. The number of aliphatic hydroxyl groups excluding tert-OH is 1. The van der Waals surface area contributed by atoms with Gasteiger partial charge in [0.25, 0.3) is 5.69 Å². The Morgan fingerprint density at radius 1 is 1.36 bits per heavy atom. The third kappa shape index (κ3) is 4.57. The fourth-order valence-corrected chi connectivity index (χ4v) is 1.81. The number of ether oxygens (including phenoxy) is 2. The monoisotopic (exact) mass is 307 g/mol. The Labute approximate surface area is 127 Å². The van der Waals surface area contributed by atoms with Crippen molar-refractivity contribution >= 4 is 5.69 Å². The summed E-state index contributed by atoms with van der Waals surface area (Å²) in [7, 11) is 0. The van der Waals surface area contributed by atoms with Crippen molar-refractivity contribution in [2.75, 3.05) is 13.2 Å². The van der Waals surface area contributed by atoms with E-state index in [4.69, 9.17) is 13.9 Å². The molecule has 0 aliphatic rings. The maximum Gasteiger partial charge on any atom is 0.276 e. The first-order valence-electron chi connectivity index (χ1n) is 6.72. The fourth-order valence-electron chi connectivity index (χ4n) is 1.81. The van der Waals surface area contributed by atoms with Crippen LogP contribution in [0, 0.1) is 17.0 Å². The Balaban J connectivity index is 1.77. The number of furan rings is 1. The van der Waals surface area contributed by atoms with E-state index >= 15 is 0 Å². The molecule has 1 N–H and O–H groups in total. The second-order valence-corrected chi connectivity index (χ2v) is 4.76. The lowest BCUT2D eigenvalue weighted by atomic mass is 10.2. The summed E-state index contributed by atoms with van der Waals surface area (Å²) in [5.41, 5.74) is 0.542. The molecule has 0 aliphatic heterocycles. The van der Waals surface area contributed by atoms with Crippen LogP contribution in [0.25, 0.3) is 0 Å². The van der Waals surface area contributed by atoms with Crippen LogP contribution in [0.1, 0.15) is 11.3 Å². The van der Waals surface area contributed by atoms with Gasteiger partial charge in [-0.05, 0) is 31.2 Å². The molecule has 0 aliphatic carbocycles. The summed E-state index contributed by atoms with van der Waals surface area (Å²) < 4.78 is 15.7. The van der Waals surface area contributed by atoms with E-state index in [-0.39, 0.29) is 25.5 Å². The zero-order valence-electron chi connectivity index (χ0n) is 12.1. The van der Waals surface area contributed by atoms with Gasteiger partial charge in [0.1, 0.15) is 30.8 Å². The lowest BCUT2D eigenvalue weighted by Gasteiger charge is -2.12. The second-order valence-electron chi connectivity index (χ2n) is 4.76. The number of aliphatic hydroxyl groups is 1. The Kier molecular flexibility index (Phi) is 5.51. The molecule has 0 bridgehead atoms. The minimum Gasteiger partial charge on any atom is -0.491 e. The van der Waals surface area contributed by atoms with Crippen LogP contribution in [0.2, 0.25) is 0 Å². The van der Waals surface area contributed by atoms with Gasteiger partial charge in [-0.2, -0.15) is 0 Å². The number of rotatable bonds is 8. The van der Waals surface area contributed by atoms with Crippen LogP contribution in [0.3, 0.4) is 0 Å². The van der Waals surface area contributed by atoms with Crippen molar-refractivity contribution in [2.45, 2.75) is 19.6 Å². The number of hydrogen-bond donors (Lipinski definition) is 1. The predicted molar refractivity (Wildman–Crippen MR) is 77.7 cm³/mol. The first-order valence-corrected chi connectivity index (χ1v) is 6.72. The van der Waals surface area contributed by atoms with Crippen molar-refractivity contribution in [1.29, 1.82) is 0 Å². The second kappa shape index (κ2) is 7.58. The van der Waals surface area contributed by atoms with Crippen molar-refractivity contribution < 1.29 is 23.9 Å². The number of benzene rings is 1. The molecule has 7 heteroatoms. The summed E-state index contributed by atoms with van der Waals surface area (Å²) in [6.07, 6.45) is 0.707. The van der Waals surface area contributed by atoms with Gasteiger partial charge in [0, 0.05) is 5.56 Å². The standard InChI is InChI=1S/C15H17NO6/c1-11-4-5-13(7-15(11)16(18)19)22-9-12(17)8-20-10-14-3-2-6-21-14/h2-7,12,17H,8-10H2,1H3.